The number of Topliss-reactive ketones (excluding diaryl/α,β-unsaturated/α-hetero) is 1. The van der Waals surface area contributed by atoms with Gasteiger partial charge in [-0.05, 0) is 85.8 Å². The van der Waals surface area contributed by atoms with E-state index in [-0.39, 0.29) is 28.6 Å². The summed E-state index contributed by atoms with van der Waals surface area (Å²) in [4.78, 5) is 65.8. The lowest BCUT2D eigenvalue weighted by molar-refractivity contribution is -0.154. The van der Waals surface area contributed by atoms with Gasteiger partial charge in [-0.1, -0.05) is 18.5 Å². The van der Waals surface area contributed by atoms with Gasteiger partial charge in [-0.25, -0.2) is 9.80 Å². The second-order valence-corrected chi connectivity index (χ2v) is 10.2. The minimum absolute atomic E-state index is 0.0291. The minimum Gasteiger partial charge on any atom is -0.457 e. The summed E-state index contributed by atoms with van der Waals surface area (Å²) >= 11 is 5.97. The first-order valence-corrected chi connectivity index (χ1v) is 12.9. The van der Waals surface area contributed by atoms with Crippen LogP contribution in [0.5, 0.6) is 5.75 Å². The van der Waals surface area contributed by atoms with Crippen molar-refractivity contribution in [1.82, 2.24) is 10.0 Å². The Hall–Kier alpha value is -4.24. The molecule has 2 fully saturated rings. The second kappa shape index (κ2) is 10.9. The van der Waals surface area contributed by atoms with Crippen LogP contribution in [0.25, 0.3) is 0 Å². The summed E-state index contributed by atoms with van der Waals surface area (Å²) in [6.07, 6.45) is 3.28. The van der Waals surface area contributed by atoms with Gasteiger partial charge in [0, 0.05) is 16.1 Å². The quantitative estimate of drug-likeness (QED) is 0.180. The number of fused-ring (bicyclic) bond motifs is 1. The van der Waals surface area contributed by atoms with Crippen molar-refractivity contribution in [3.05, 3.63) is 88.8 Å². The maximum atomic E-state index is 13.6. The average molecular weight is 549 g/mol. The van der Waals surface area contributed by atoms with Crippen molar-refractivity contribution >= 4 is 41.1 Å². The number of carbonyl (C=O) groups is 5. The predicted molar refractivity (Wildman–Crippen MR) is 139 cm³/mol. The van der Waals surface area contributed by atoms with Crippen LogP contribution in [0.15, 0.2) is 71.3 Å². The number of furan rings is 1. The van der Waals surface area contributed by atoms with Gasteiger partial charge in [0.2, 0.25) is 5.76 Å². The van der Waals surface area contributed by atoms with Crippen molar-refractivity contribution in [2.24, 2.45) is 17.8 Å². The summed E-state index contributed by atoms with van der Waals surface area (Å²) in [5.74, 6) is -3.33. The molecule has 1 saturated heterocycles. The van der Waals surface area contributed by atoms with E-state index in [1.165, 1.54) is 60.9 Å². The van der Waals surface area contributed by atoms with E-state index < -0.39 is 47.9 Å². The molecule has 200 valence electrons. The fraction of sp³-hybridized carbons (Fsp3) is 0.276. The number of ether oxygens (including phenoxy) is 1. The van der Waals surface area contributed by atoms with Crippen molar-refractivity contribution in [1.29, 1.82) is 0 Å². The van der Waals surface area contributed by atoms with Crippen LogP contribution in [0.1, 0.15) is 57.5 Å². The van der Waals surface area contributed by atoms with Crippen LogP contribution in [-0.2, 0) is 9.59 Å². The molecule has 10 heteroatoms. The molecule has 1 saturated carbocycles. The number of esters is 1. The third-order valence-corrected chi connectivity index (χ3v) is 7.39. The van der Waals surface area contributed by atoms with E-state index in [1.54, 1.807) is 6.07 Å². The minimum atomic E-state index is -0.694. The Labute approximate surface area is 229 Å². The average Bonchev–Trinajstić information content (AvgIpc) is 3.55. The van der Waals surface area contributed by atoms with Crippen molar-refractivity contribution in [3.63, 3.8) is 0 Å². The van der Waals surface area contributed by atoms with Crippen molar-refractivity contribution in [3.8, 4) is 5.75 Å². The number of ketones is 1. The number of hydrogen-bond donors (Lipinski definition) is 0. The zero-order valence-electron chi connectivity index (χ0n) is 21.0. The van der Waals surface area contributed by atoms with Gasteiger partial charge in [-0.15, -0.1) is 0 Å². The zero-order valence-corrected chi connectivity index (χ0v) is 21.8. The van der Waals surface area contributed by atoms with Gasteiger partial charge in [0.05, 0.1) is 18.1 Å². The van der Waals surface area contributed by atoms with Crippen LogP contribution in [0, 0.1) is 17.8 Å². The van der Waals surface area contributed by atoms with Gasteiger partial charge >= 0.3 is 5.97 Å². The molecule has 0 radical (unpaired) electrons. The third kappa shape index (κ3) is 5.35. The molecule has 9 nitrogen and oxygen atoms in total. The van der Waals surface area contributed by atoms with E-state index >= 15 is 0 Å². The second-order valence-electron chi connectivity index (χ2n) is 9.80. The van der Waals surface area contributed by atoms with Crippen molar-refractivity contribution in [2.45, 2.75) is 26.2 Å². The topological polar surface area (TPSA) is 114 Å². The van der Waals surface area contributed by atoms with Gasteiger partial charge in [0.25, 0.3) is 17.7 Å². The number of amides is 3. The number of imide groups is 1. The molecule has 1 aliphatic heterocycles. The Morgan fingerprint density at radius 1 is 0.949 bits per heavy atom. The molecule has 0 bridgehead atoms. The number of nitrogens with zero attached hydrogens (tertiary/aromatic N) is 2. The molecule has 2 aromatic carbocycles. The Morgan fingerprint density at radius 3 is 2.28 bits per heavy atom. The van der Waals surface area contributed by atoms with E-state index in [2.05, 4.69) is 0 Å². The lowest BCUT2D eigenvalue weighted by Crippen LogP contribution is -2.52. The largest absolute Gasteiger partial charge is 0.457 e. The first kappa shape index (κ1) is 26.4. The summed E-state index contributed by atoms with van der Waals surface area (Å²) in [7, 11) is 0. The summed E-state index contributed by atoms with van der Waals surface area (Å²) in [5, 5.41) is 2.21. The van der Waals surface area contributed by atoms with Gasteiger partial charge < -0.3 is 9.15 Å². The Balaban J connectivity index is 1.38. The summed E-state index contributed by atoms with van der Waals surface area (Å²) in [5.41, 5.74) is 0.378. The number of benzene rings is 2. The summed E-state index contributed by atoms with van der Waals surface area (Å²) < 4.78 is 10.2. The number of hydrazine groups is 1. The highest BCUT2D eigenvalue weighted by Gasteiger charge is 2.52. The predicted octanol–water partition coefficient (Wildman–Crippen LogP) is 4.81. The standard InChI is InChI=1S/C29H25ClN2O7/c1-17-4-13-22-23(15-17)28(36)32(27(22)35)31(26(34)19-5-9-20(30)10-6-19)16-24(33)18-7-11-21(12-8-18)39-29(37)25-3-2-14-38-25/h2-3,5-12,14,17,22-23H,4,13,15-16H2,1H3/t17-,22+,23-/m1/s1. The van der Waals surface area contributed by atoms with Crippen molar-refractivity contribution < 1.29 is 33.1 Å². The highest BCUT2D eigenvalue weighted by Crippen LogP contribution is 2.41. The molecule has 0 N–H and O–H groups in total. The molecule has 0 spiro atoms. The lowest BCUT2D eigenvalue weighted by atomic mass is 9.76. The molecule has 39 heavy (non-hydrogen) atoms. The normalized spacial score (nSPS) is 20.5. The van der Waals surface area contributed by atoms with Gasteiger partial charge in [-0.2, -0.15) is 5.01 Å². The Morgan fingerprint density at radius 2 is 1.62 bits per heavy atom. The van der Waals surface area contributed by atoms with Crippen LogP contribution < -0.4 is 4.74 Å². The molecular formula is C29H25ClN2O7. The summed E-state index contributed by atoms with van der Waals surface area (Å²) in [6.45, 7) is 1.49. The van der Waals surface area contributed by atoms with Gasteiger partial charge in [0.15, 0.2) is 5.78 Å². The van der Waals surface area contributed by atoms with E-state index in [0.717, 1.165) is 16.4 Å². The monoisotopic (exact) mass is 548 g/mol. The SMILES string of the molecule is C[C@@H]1CC[C@@H]2C(=O)N(N(CC(=O)c3ccc(OC(=O)c4ccco4)cc3)C(=O)c3ccc(Cl)cc3)C(=O)[C@@H]2C1. The molecular weight excluding hydrogens is 524 g/mol. The maximum Gasteiger partial charge on any atom is 0.379 e. The van der Waals surface area contributed by atoms with Crippen LogP contribution in [0.2, 0.25) is 5.02 Å². The number of rotatable bonds is 7. The molecule has 3 amide bonds. The van der Waals surface area contributed by atoms with Gasteiger partial charge in [-0.3, -0.25) is 19.2 Å². The first-order chi connectivity index (χ1) is 18.7. The molecule has 2 aliphatic rings. The molecule has 1 aliphatic carbocycles. The molecule has 5 rings (SSSR count). The molecule has 1 aromatic heterocycles. The van der Waals surface area contributed by atoms with Crippen LogP contribution in [0.4, 0.5) is 0 Å². The van der Waals surface area contributed by atoms with Crippen LogP contribution in [-0.4, -0.2) is 46.0 Å². The van der Waals surface area contributed by atoms with E-state index in [4.69, 9.17) is 20.8 Å². The van der Waals surface area contributed by atoms with Crippen LogP contribution >= 0.6 is 11.6 Å². The van der Waals surface area contributed by atoms with Gasteiger partial charge in [0.1, 0.15) is 12.3 Å². The fourth-order valence-electron chi connectivity index (χ4n) is 5.07. The molecule has 3 atom stereocenters. The van der Waals surface area contributed by atoms with Crippen molar-refractivity contribution in [2.75, 3.05) is 6.54 Å². The first-order valence-electron chi connectivity index (χ1n) is 12.6. The molecule has 3 aromatic rings. The molecule has 0 unspecified atom stereocenters. The van der Waals surface area contributed by atoms with E-state index in [9.17, 15) is 24.0 Å². The number of halogens is 1. The number of carbonyl (C=O) groups excluding carboxylic acids is 5. The van der Waals surface area contributed by atoms with E-state index in [0.29, 0.717) is 17.9 Å². The highest BCUT2D eigenvalue weighted by atomic mass is 35.5. The summed E-state index contributed by atoms with van der Waals surface area (Å²) in [6, 6.07) is 14.8. The fourth-order valence-corrected chi connectivity index (χ4v) is 5.20. The maximum absolute atomic E-state index is 13.6. The van der Waals surface area contributed by atoms with E-state index in [1.807, 2.05) is 6.92 Å². The molecule has 2 heterocycles. The Kier molecular flexibility index (Phi) is 7.34. The number of hydrogen-bond acceptors (Lipinski definition) is 7. The smallest absolute Gasteiger partial charge is 0.379 e. The Bertz CT molecular complexity index is 1420. The lowest BCUT2D eigenvalue weighted by Gasteiger charge is -2.30. The zero-order chi connectivity index (χ0) is 27.7. The van der Waals surface area contributed by atoms with Crippen LogP contribution in [0.3, 0.4) is 0 Å². The highest BCUT2D eigenvalue weighted by molar-refractivity contribution is 6.30. The third-order valence-electron chi connectivity index (χ3n) is 7.13.